The maximum atomic E-state index is 11.3. The molecule has 0 aliphatic carbocycles. The summed E-state index contributed by atoms with van der Waals surface area (Å²) >= 11 is 0. The Morgan fingerprint density at radius 3 is 0.464 bits per heavy atom. The fourth-order valence-electron chi connectivity index (χ4n) is 6.30. The van der Waals surface area contributed by atoms with E-state index in [1.165, 1.54) is 0 Å². The predicted molar refractivity (Wildman–Crippen MR) is 235 cm³/mol. The minimum atomic E-state index is -1.73. The molecule has 0 unspecified atom stereocenters. The van der Waals surface area contributed by atoms with Crippen molar-refractivity contribution in [1.82, 2.24) is 24.6 Å². The van der Waals surface area contributed by atoms with E-state index < -0.39 is 218 Å². The molecule has 0 heterocycles. The van der Waals surface area contributed by atoms with Crippen molar-refractivity contribution in [1.29, 1.82) is 0 Å². The Morgan fingerprint density at radius 2 is 0.369 bits per heavy atom. The number of rotatable bonds is 36. The summed E-state index contributed by atoms with van der Waals surface area (Å²) in [4.78, 5) is 173. The third-order valence-electron chi connectivity index (χ3n) is 8.32. The van der Waals surface area contributed by atoms with Gasteiger partial charge < -0.3 is 152 Å². The van der Waals surface area contributed by atoms with Crippen molar-refractivity contribution in [3.05, 3.63) is 51.4 Å². The van der Waals surface area contributed by atoms with Crippen molar-refractivity contribution in [2.75, 3.05) is 105 Å². The molecule has 0 bridgehead atoms. The monoisotopic (exact) mass is 1320 g/mol. The molecular formula is C40H60K4N8O32. The zero-order valence-corrected chi connectivity index (χ0v) is 58.8. The van der Waals surface area contributed by atoms with Crippen molar-refractivity contribution >= 4 is 95.5 Å². The van der Waals surface area contributed by atoms with Gasteiger partial charge >= 0.3 is 253 Å². The summed E-state index contributed by atoms with van der Waals surface area (Å²) in [6, 6.07) is 0. The Balaban J connectivity index is -0.0000000798. The Bertz CT molecular complexity index is 1790. The Labute approximate surface area is 646 Å². The van der Waals surface area contributed by atoms with Gasteiger partial charge in [0.05, 0.1) is 72.8 Å². The van der Waals surface area contributed by atoms with Crippen LogP contribution >= 0.6 is 0 Å². The molecule has 0 atom stereocenters. The van der Waals surface area contributed by atoms with Crippen molar-refractivity contribution < 1.29 is 380 Å². The SMILES string of the molecule is C=COC(=O)C[N+](CC(=O)O)(CC(=O)O)CC(=O)O.C=COC(=O)C[N+](CC(=O)[O-])(CC(=O)[O-])CC(=O)O.C=COC(=O)C[N+](CC(=O)[O-])(CC(=O)[O-])CC(=O)[O-].C=COC(=O)C[N+](CC(=O)[O-])(CC(=O)[O-])CC(=O)[O-].N.N.N.N.[K+].[K+].[K+].[K+]. The summed E-state index contributed by atoms with van der Waals surface area (Å²) < 4.78 is 12.9. The van der Waals surface area contributed by atoms with Crippen molar-refractivity contribution in [3.8, 4) is 0 Å². The number of carbonyl (C=O) groups is 16. The summed E-state index contributed by atoms with van der Waals surface area (Å²) in [6.07, 6.45) is 3.04. The van der Waals surface area contributed by atoms with Gasteiger partial charge in [0.15, 0.2) is 52.4 Å². The molecule has 16 N–H and O–H groups in total. The number of hydrogen-bond acceptors (Lipinski definition) is 32. The molecule has 456 valence electrons. The summed E-state index contributed by atoms with van der Waals surface area (Å²) in [5, 5.41) is 120. The fourth-order valence-corrected chi connectivity index (χ4v) is 6.30. The second-order valence-corrected chi connectivity index (χ2v) is 15.1. The quantitative estimate of drug-likeness (QED) is 0.00949. The van der Waals surface area contributed by atoms with E-state index in [1.54, 1.807) is 0 Å². The van der Waals surface area contributed by atoms with Crippen LogP contribution in [0.4, 0.5) is 0 Å². The van der Waals surface area contributed by atoms with Crippen LogP contribution in [0.15, 0.2) is 51.4 Å². The Morgan fingerprint density at radius 1 is 0.262 bits per heavy atom. The van der Waals surface area contributed by atoms with Gasteiger partial charge in [0.25, 0.3) is 0 Å². The topological polar surface area (TPSA) is 715 Å². The van der Waals surface area contributed by atoms with Crippen LogP contribution in [-0.2, 0) is 95.7 Å². The first kappa shape index (κ1) is 109. The molecule has 0 aromatic heterocycles. The molecule has 0 amide bonds. The van der Waals surface area contributed by atoms with Crippen LogP contribution < -0.4 is 271 Å². The first-order chi connectivity index (χ1) is 34.8. The van der Waals surface area contributed by atoms with E-state index in [9.17, 15) is 118 Å². The molecule has 0 aliphatic rings. The molecule has 0 radical (unpaired) electrons. The van der Waals surface area contributed by atoms with Crippen LogP contribution in [0.25, 0.3) is 0 Å². The summed E-state index contributed by atoms with van der Waals surface area (Å²) in [5.41, 5.74) is 0. The van der Waals surface area contributed by atoms with Crippen LogP contribution in [0.1, 0.15) is 0 Å². The normalized spacial score (nSPS) is 9.52. The zero-order chi connectivity index (χ0) is 60.2. The van der Waals surface area contributed by atoms with Crippen LogP contribution in [-0.4, -0.2) is 239 Å². The fraction of sp³-hybridized carbons (Fsp3) is 0.400. The third-order valence-corrected chi connectivity index (χ3v) is 8.32. The van der Waals surface area contributed by atoms with E-state index in [0.29, 0.717) is 0 Å². The molecule has 0 aromatic rings. The number of nitrogens with zero attached hydrogens (tertiary/aromatic N) is 4. The van der Waals surface area contributed by atoms with Crippen LogP contribution in [0.2, 0.25) is 0 Å². The number of carboxylic acid groups (broad SMARTS) is 12. The largest absolute Gasteiger partial charge is 1.00 e. The second-order valence-electron chi connectivity index (χ2n) is 15.1. The van der Waals surface area contributed by atoms with Gasteiger partial charge in [0, 0.05) is 0 Å². The van der Waals surface area contributed by atoms with E-state index in [4.69, 9.17) is 20.4 Å². The Kier molecular flexibility index (Phi) is 74.3. The maximum absolute atomic E-state index is 11.3. The van der Waals surface area contributed by atoms with Gasteiger partial charge in [-0.25, -0.2) is 38.4 Å². The van der Waals surface area contributed by atoms with Gasteiger partial charge in [-0.2, -0.15) is 0 Å². The zero-order valence-electron chi connectivity index (χ0n) is 46.3. The molecule has 40 nitrogen and oxygen atoms in total. The van der Waals surface area contributed by atoms with Gasteiger partial charge in [-0.15, -0.1) is 0 Å². The molecule has 0 aromatic carbocycles. The van der Waals surface area contributed by atoms with Gasteiger partial charge in [-0.05, 0) is 0 Å². The van der Waals surface area contributed by atoms with Crippen LogP contribution in [0.5, 0.6) is 0 Å². The van der Waals surface area contributed by atoms with Crippen LogP contribution in [0, 0.1) is 0 Å². The first-order valence-corrected chi connectivity index (χ1v) is 19.9. The molecule has 84 heavy (non-hydrogen) atoms. The molecule has 0 spiro atoms. The number of ether oxygens (including phenoxy) is 4. The molecule has 0 saturated carbocycles. The summed E-state index contributed by atoms with van der Waals surface area (Å²) in [7, 11) is 0. The average Bonchev–Trinajstić information content (AvgIpc) is 3.15. The van der Waals surface area contributed by atoms with E-state index in [1.807, 2.05) is 0 Å². The predicted octanol–water partition coefficient (Wildman–Crippen LogP) is -27.0. The minimum Gasteiger partial charge on any atom is -0.544 e. The van der Waals surface area contributed by atoms with Crippen molar-refractivity contribution in [2.24, 2.45) is 0 Å². The van der Waals surface area contributed by atoms with E-state index in [0.717, 1.165) is 25.0 Å². The molecule has 44 heteroatoms. The smallest absolute Gasteiger partial charge is 0.544 e. The van der Waals surface area contributed by atoms with Crippen molar-refractivity contribution in [2.45, 2.75) is 0 Å². The number of aliphatic carboxylic acids is 12. The molecule has 0 aliphatic heterocycles. The van der Waals surface area contributed by atoms with Crippen molar-refractivity contribution in [3.63, 3.8) is 0 Å². The number of carbonyl (C=O) groups excluding carboxylic acids is 12. The van der Waals surface area contributed by atoms with Gasteiger partial charge in [-0.1, -0.05) is 26.3 Å². The number of quaternary nitrogens is 4. The average molecular weight is 1320 g/mol. The minimum absolute atomic E-state index is 0. The van der Waals surface area contributed by atoms with Gasteiger partial charge in [0.2, 0.25) is 0 Å². The number of esters is 4. The molecule has 0 fully saturated rings. The maximum Gasteiger partial charge on any atom is 1.00 e. The van der Waals surface area contributed by atoms with E-state index in [-0.39, 0.29) is 230 Å². The number of carboxylic acids is 12. The summed E-state index contributed by atoms with van der Waals surface area (Å²) in [6.45, 7) is -2.22. The van der Waals surface area contributed by atoms with Gasteiger partial charge in [0.1, 0.15) is 52.4 Å². The van der Waals surface area contributed by atoms with Crippen LogP contribution in [0.3, 0.4) is 0 Å². The molecule has 0 saturated heterocycles. The summed E-state index contributed by atoms with van der Waals surface area (Å²) in [5.74, 6) is -23.6. The third kappa shape index (κ3) is 60.4. The van der Waals surface area contributed by atoms with Gasteiger partial charge in [-0.3, -0.25) is 8.97 Å². The van der Waals surface area contributed by atoms with E-state index in [2.05, 4.69) is 45.3 Å². The molecular weight excluding hydrogens is 1260 g/mol. The second kappa shape index (κ2) is 57.4. The standard InChI is InChI=1S/4C10H13NO8.4K.4H3N/c4*1-2-19-10(18)6-11(3-7(12)13,4-8(14)15)5-9(16)17;;;;;;;;/h4*2H,1,3-6H2,(H2-,12,13,14,15,16,17);;;;;4*1H3/q;;;;4*+1;;;;/p-4. The van der Waals surface area contributed by atoms with E-state index >= 15 is 0 Å². The molecule has 0 rings (SSSR count). The Hall–Kier alpha value is -3.29. The number of hydrogen-bond donors (Lipinski definition) is 8. The first-order valence-electron chi connectivity index (χ1n) is 19.9.